The molecule has 2 N–H and O–H groups in total. The fourth-order valence-electron chi connectivity index (χ4n) is 4.93. The van der Waals surface area contributed by atoms with Gasteiger partial charge in [0.1, 0.15) is 5.75 Å². The topological polar surface area (TPSA) is 178 Å². The minimum absolute atomic E-state index is 0.0401. The zero-order valence-electron chi connectivity index (χ0n) is 22.8. The Labute approximate surface area is 242 Å². The van der Waals surface area contributed by atoms with Gasteiger partial charge in [-0.3, -0.25) is 4.79 Å². The molecule has 2 aliphatic rings. The van der Waals surface area contributed by atoms with Crippen molar-refractivity contribution in [2.75, 3.05) is 13.2 Å². The van der Waals surface area contributed by atoms with E-state index in [-0.39, 0.29) is 37.4 Å². The number of aliphatic imine (C=N–C) groups is 1. The molecule has 0 spiro atoms. The Morgan fingerprint density at radius 1 is 1.05 bits per heavy atom. The average Bonchev–Trinajstić information content (AvgIpc) is 3.75. The summed E-state index contributed by atoms with van der Waals surface area (Å²) in [5.41, 5.74) is 19.8. The Bertz CT molecular complexity index is 1560. The van der Waals surface area contributed by atoms with E-state index in [2.05, 4.69) is 25.4 Å². The maximum Gasteiger partial charge on any atom is 0.252 e. The normalized spacial score (nSPS) is 19.1. The van der Waals surface area contributed by atoms with Crippen LogP contribution in [0.2, 0.25) is 0 Å². The summed E-state index contributed by atoms with van der Waals surface area (Å²) in [7, 11) is 0. The lowest BCUT2D eigenvalue weighted by molar-refractivity contribution is -0.129. The predicted molar refractivity (Wildman–Crippen MR) is 156 cm³/mol. The second-order valence-electron chi connectivity index (χ2n) is 10.1. The van der Waals surface area contributed by atoms with E-state index < -0.39 is 11.6 Å². The molecule has 1 heterocycles. The van der Waals surface area contributed by atoms with Crippen LogP contribution in [0.5, 0.6) is 5.75 Å². The molecule has 0 bridgehead atoms. The Kier molecular flexibility index (Phi) is 8.89. The predicted octanol–water partition coefficient (Wildman–Crippen LogP) is 5.98. The van der Waals surface area contributed by atoms with Gasteiger partial charge in [0.2, 0.25) is 5.90 Å². The van der Waals surface area contributed by atoms with Gasteiger partial charge in [0.05, 0.1) is 13.2 Å². The van der Waals surface area contributed by atoms with Crippen LogP contribution in [-0.4, -0.2) is 41.7 Å². The molecule has 1 fully saturated rings. The Hall–Kier alpha value is -5.02. The van der Waals surface area contributed by atoms with E-state index in [0.29, 0.717) is 35.6 Å². The summed E-state index contributed by atoms with van der Waals surface area (Å²) in [5.74, 6) is 0.583. The van der Waals surface area contributed by atoms with Gasteiger partial charge < -0.3 is 19.9 Å². The molecule has 1 aliphatic carbocycles. The zero-order chi connectivity index (χ0) is 29.4. The summed E-state index contributed by atoms with van der Waals surface area (Å²) in [6, 6.07) is 21.7. The van der Waals surface area contributed by atoms with Crippen molar-refractivity contribution in [1.82, 2.24) is 5.32 Å². The number of ether oxygens (including phenoxy) is 2. The summed E-state index contributed by atoms with van der Waals surface area (Å²) in [5, 5.41) is 19.8. The molecule has 1 aliphatic heterocycles. The highest BCUT2D eigenvalue weighted by atomic mass is 16.5. The Balaban J connectivity index is 1.63. The molecule has 0 aromatic heterocycles. The highest BCUT2D eigenvalue weighted by Crippen LogP contribution is 2.46. The lowest BCUT2D eigenvalue weighted by Crippen LogP contribution is -2.50. The first-order valence-corrected chi connectivity index (χ1v) is 13.7. The second kappa shape index (κ2) is 13.1. The van der Waals surface area contributed by atoms with Crippen molar-refractivity contribution in [3.8, 4) is 5.75 Å². The van der Waals surface area contributed by atoms with Crippen molar-refractivity contribution in [2.24, 2.45) is 15.2 Å². The quantitative estimate of drug-likeness (QED) is 0.112. The standard InChI is InChI=1S/C30H30N8O4/c31-37-33-19-22-7-2-1-6-21(22)18-30(29(40)34-23-12-13-23)27(25-8-3-4-9-26(25)36-38-32)42-28(35-30)20-10-14-24(15-11-20)41-17-5-16-39/h1-4,6-11,14-15,23,27,39H,5,12-13,16-19H2,(H,34,40)/t27-,30-/m1/s1. The third-order valence-corrected chi connectivity index (χ3v) is 7.20. The van der Waals surface area contributed by atoms with E-state index >= 15 is 0 Å². The van der Waals surface area contributed by atoms with Crippen LogP contribution in [0, 0.1) is 0 Å². The molecule has 42 heavy (non-hydrogen) atoms. The van der Waals surface area contributed by atoms with Crippen molar-refractivity contribution < 1.29 is 19.4 Å². The van der Waals surface area contributed by atoms with Crippen molar-refractivity contribution in [1.29, 1.82) is 0 Å². The molecule has 2 atom stereocenters. The maximum atomic E-state index is 14.3. The number of aliphatic hydroxyl groups is 1. The van der Waals surface area contributed by atoms with Crippen LogP contribution in [0.25, 0.3) is 20.9 Å². The number of rotatable bonds is 13. The number of benzene rings is 3. The van der Waals surface area contributed by atoms with Gasteiger partial charge in [-0.05, 0) is 59.3 Å². The van der Waals surface area contributed by atoms with Crippen LogP contribution in [0.15, 0.2) is 88.0 Å². The van der Waals surface area contributed by atoms with Gasteiger partial charge in [-0.25, -0.2) is 4.99 Å². The number of carbonyl (C=O) groups excluding carboxylic acids is 1. The highest BCUT2D eigenvalue weighted by molar-refractivity contribution is 6.01. The second-order valence-corrected chi connectivity index (χ2v) is 10.1. The molecule has 0 radical (unpaired) electrons. The first-order chi connectivity index (χ1) is 20.6. The Morgan fingerprint density at radius 3 is 2.50 bits per heavy atom. The summed E-state index contributed by atoms with van der Waals surface area (Å²) in [6.45, 7) is 0.534. The molecule has 3 aromatic rings. The van der Waals surface area contributed by atoms with E-state index in [1.165, 1.54) is 0 Å². The lowest BCUT2D eigenvalue weighted by Gasteiger charge is -2.32. The fraction of sp³-hybridized carbons (Fsp3) is 0.333. The largest absolute Gasteiger partial charge is 0.494 e. The maximum absolute atomic E-state index is 14.3. The molecule has 12 nitrogen and oxygen atoms in total. The van der Waals surface area contributed by atoms with Gasteiger partial charge in [-0.2, -0.15) is 0 Å². The fourth-order valence-corrected chi connectivity index (χ4v) is 4.93. The zero-order valence-corrected chi connectivity index (χ0v) is 22.8. The smallest absolute Gasteiger partial charge is 0.252 e. The van der Waals surface area contributed by atoms with Crippen molar-refractivity contribution in [2.45, 2.75) is 49.9 Å². The van der Waals surface area contributed by atoms with Crippen LogP contribution < -0.4 is 10.1 Å². The number of aliphatic hydroxyl groups excluding tert-OH is 1. The van der Waals surface area contributed by atoms with Gasteiger partial charge in [0, 0.05) is 52.1 Å². The molecule has 3 aromatic carbocycles. The SMILES string of the molecule is [N-]=[N+]=NCc1ccccc1C[C@@]1(C(=O)NC2CC2)N=C(c2ccc(OCCCO)cc2)O[C@@H]1c1ccccc1N=[N+]=[N-]. The summed E-state index contributed by atoms with van der Waals surface area (Å²) < 4.78 is 12.2. The Morgan fingerprint density at radius 2 is 1.79 bits per heavy atom. The molecule has 1 saturated carbocycles. The summed E-state index contributed by atoms with van der Waals surface area (Å²) in [4.78, 5) is 25.2. The van der Waals surface area contributed by atoms with Crippen LogP contribution in [0.1, 0.15) is 47.6 Å². The van der Waals surface area contributed by atoms with Crippen LogP contribution >= 0.6 is 0 Å². The molecule has 0 saturated heterocycles. The number of hydrogen-bond donors (Lipinski definition) is 2. The van der Waals surface area contributed by atoms with Crippen LogP contribution in [0.4, 0.5) is 5.69 Å². The summed E-state index contributed by atoms with van der Waals surface area (Å²) in [6.07, 6.45) is 1.49. The first kappa shape index (κ1) is 28.5. The molecular formula is C30H30N8O4. The molecule has 5 rings (SSSR count). The number of nitrogens with zero attached hydrogens (tertiary/aromatic N) is 7. The summed E-state index contributed by atoms with van der Waals surface area (Å²) >= 11 is 0. The number of hydrogen-bond acceptors (Lipinski definition) is 7. The van der Waals surface area contributed by atoms with Gasteiger partial charge in [0.15, 0.2) is 11.6 Å². The van der Waals surface area contributed by atoms with Gasteiger partial charge >= 0.3 is 0 Å². The van der Waals surface area contributed by atoms with E-state index in [0.717, 1.165) is 24.0 Å². The number of carbonyl (C=O) groups is 1. The van der Waals surface area contributed by atoms with Gasteiger partial charge in [-0.15, -0.1) is 0 Å². The third kappa shape index (κ3) is 6.31. The monoisotopic (exact) mass is 566 g/mol. The van der Waals surface area contributed by atoms with Crippen LogP contribution in [-0.2, 0) is 22.5 Å². The first-order valence-electron chi connectivity index (χ1n) is 13.7. The molecule has 214 valence electrons. The minimum Gasteiger partial charge on any atom is -0.494 e. The number of amides is 1. The minimum atomic E-state index is -1.47. The lowest BCUT2D eigenvalue weighted by atomic mass is 9.80. The molecular weight excluding hydrogens is 536 g/mol. The van der Waals surface area contributed by atoms with Crippen LogP contribution in [0.3, 0.4) is 0 Å². The van der Waals surface area contributed by atoms with Gasteiger partial charge in [-0.1, -0.05) is 58.8 Å². The van der Waals surface area contributed by atoms with E-state index in [1.807, 2.05) is 24.3 Å². The van der Waals surface area contributed by atoms with Crippen molar-refractivity contribution in [3.63, 3.8) is 0 Å². The third-order valence-electron chi connectivity index (χ3n) is 7.20. The number of azide groups is 2. The van der Waals surface area contributed by atoms with Crippen molar-refractivity contribution >= 4 is 17.5 Å². The van der Waals surface area contributed by atoms with E-state index in [9.17, 15) is 10.3 Å². The van der Waals surface area contributed by atoms with E-state index in [1.54, 1.807) is 48.5 Å². The molecule has 12 heteroatoms. The molecule has 1 amide bonds. The van der Waals surface area contributed by atoms with E-state index in [4.69, 9.17) is 25.1 Å². The van der Waals surface area contributed by atoms with Gasteiger partial charge in [0.25, 0.3) is 5.91 Å². The average molecular weight is 567 g/mol. The number of nitrogens with one attached hydrogen (secondary N) is 1. The molecule has 0 unspecified atom stereocenters. The van der Waals surface area contributed by atoms with Crippen molar-refractivity contribution in [3.05, 3.63) is 116 Å². The highest BCUT2D eigenvalue weighted by Gasteiger charge is 2.54.